The van der Waals surface area contributed by atoms with Gasteiger partial charge in [-0.25, -0.2) is 23.1 Å². The maximum atomic E-state index is 13.7. The molecule has 0 aliphatic rings. The summed E-state index contributed by atoms with van der Waals surface area (Å²) < 4.78 is 40.3. The second kappa shape index (κ2) is 5.99. The molecule has 0 spiro atoms. The average molecular weight is 296 g/mol. The van der Waals surface area contributed by atoms with Gasteiger partial charge in [-0.3, -0.25) is 0 Å². The molecule has 21 heavy (non-hydrogen) atoms. The van der Waals surface area contributed by atoms with Gasteiger partial charge in [-0.05, 0) is 20.8 Å². The topological polar surface area (TPSA) is 49.8 Å². The fourth-order valence-electron chi connectivity index (χ4n) is 1.87. The van der Waals surface area contributed by atoms with Crippen molar-refractivity contribution in [3.05, 3.63) is 41.0 Å². The lowest BCUT2D eigenvalue weighted by Crippen LogP contribution is -2.09. The lowest BCUT2D eigenvalue weighted by molar-refractivity contribution is 0.548. The van der Waals surface area contributed by atoms with E-state index in [1.165, 1.54) is 0 Å². The van der Waals surface area contributed by atoms with E-state index in [-0.39, 0.29) is 5.82 Å². The van der Waals surface area contributed by atoms with E-state index in [0.717, 1.165) is 0 Å². The highest BCUT2D eigenvalue weighted by molar-refractivity contribution is 5.65. The number of nitrogens with one attached hydrogen (secondary N) is 2. The lowest BCUT2D eigenvalue weighted by Gasteiger charge is -2.14. The predicted molar refractivity (Wildman–Crippen MR) is 75.3 cm³/mol. The van der Waals surface area contributed by atoms with Crippen LogP contribution in [-0.2, 0) is 0 Å². The summed E-state index contributed by atoms with van der Waals surface area (Å²) in [6.45, 7) is 5.95. The van der Waals surface area contributed by atoms with Gasteiger partial charge in [0.25, 0.3) is 0 Å². The van der Waals surface area contributed by atoms with Crippen LogP contribution in [0.3, 0.4) is 0 Å². The van der Waals surface area contributed by atoms with E-state index in [2.05, 4.69) is 20.6 Å². The van der Waals surface area contributed by atoms with Crippen LogP contribution in [-0.4, -0.2) is 16.5 Å². The Morgan fingerprint density at radius 3 is 2.14 bits per heavy atom. The van der Waals surface area contributed by atoms with Gasteiger partial charge in [0.15, 0.2) is 11.6 Å². The summed E-state index contributed by atoms with van der Waals surface area (Å²) in [6, 6.07) is 1.22. The monoisotopic (exact) mass is 296 g/mol. The third kappa shape index (κ3) is 3.24. The van der Waals surface area contributed by atoms with Crippen molar-refractivity contribution in [2.24, 2.45) is 0 Å². The molecular formula is C14H15F3N4. The molecule has 0 bridgehead atoms. The minimum absolute atomic E-state index is 0.267. The van der Waals surface area contributed by atoms with Crippen LogP contribution in [0.5, 0.6) is 0 Å². The minimum atomic E-state index is -1.02. The molecular weight excluding hydrogens is 281 g/mol. The smallest absolute Gasteiger partial charge is 0.152 e. The molecule has 0 atom stereocenters. The zero-order valence-electron chi connectivity index (χ0n) is 11.9. The van der Waals surface area contributed by atoms with Gasteiger partial charge in [-0.2, -0.15) is 0 Å². The molecule has 112 valence electrons. The van der Waals surface area contributed by atoms with Gasteiger partial charge in [-0.1, -0.05) is 0 Å². The van der Waals surface area contributed by atoms with Crippen molar-refractivity contribution < 1.29 is 13.2 Å². The van der Waals surface area contributed by atoms with Crippen molar-refractivity contribution in [3.63, 3.8) is 0 Å². The Labute approximate surface area is 120 Å². The zero-order chi connectivity index (χ0) is 15.6. The van der Waals surface area contributed by atoms with E-state index >= 15 is 0 Å². The third-order valence-corrected chi connectivity index (χ3v) is 2.85. The molecule has 2 N–H and O–H groups in total. The number of benzene rings is 1. The molecule has 7 heteroatoms. The molecule has 1 heterocycles. The molecule has 0 fully saturated rings. The number of rotatable bonds is 4. The molecule has 2 aromatic rings. The van der Waals surface area contributed by atoms with E-state index < -0.39 is 23.1 Å². The zero-order valence-corrected chi connectivity index (χ0v) is 11.9. The Balaban J connectivity index is 2.45. The molecule has 1 aromatic heterocycles. The first kappa shape index (κ1) is 15.1. The van der Waals surface area contributed by atoms with Crippen molar-refractivity contribution in [2.75, 3.05) is 17.2 Å². The first-order chi connectivity index (χ1) is 9.92. The Bertz CT molecular complexity index is 651. The Morgan fingerprint density at radius 2 is 1.57 bits per heavy atom. The van der Waals surface area contributed by atoms with E-state index in [0.29, 0.717) is 35.9 Å². The van der Waals surface area contributed by atoms with Crippen LogP contribution >= 0.6 is 0 Å². The summed E-state index contributed by atoms with van der Waals surface area (Å²) in [4.78, 5) is 8.34. The summed E-state index contributed by atoms with van der Waals surface area (Å²) in [5.74, 6) is -1.72. The molecule has 0 saturated carbocycles. The van der Waals surface area contributed by atoms with Gasteiger partial charge >= 0.3 is 0 Å². The maximum absolute atomic E-state index is 13.7. The van der Waals surface area contributed by atoms with Crippen molar-refractivity contribution in [1.82, 2.24) is 9.97 Å². The first-order valence-corrected chi connectivity index (χ1v) is 6.43. The molecule has 0 radical (unpaired) electrons. The highest BCUT2D eigenvalue weighted by Crippen LogP contribution is 2.27. The molecule has 0 saturated heterocycles. The fourth-order valence-corrected chi connectivity index (χ4v) is 1.87. The van der Waals surface area contributed by atoms with Crippen LogP contribution < -0.4 is 10.6 Å². The molecule has 0 amide bonds. The molecule has 0 aliphatic heterocycles. The summed E-state index contributed by atoms with van der Waals surface area (Å²) in [5.41, 5.74) is 0.172. The Kier molecular flexibility index (Phi) is 4.30. The molecule has 1 aromatic carbocycles. The van der Waals surface area contributed by atoms with Crippen molar-refractivity contribution in [3.8, 4) is 0 Å². The number of anilines is 3. The quantitative estimate of drug-likeness (QED) is 0.903. The van der Waals surface area contributed by atoms with Crippen LogP contribution in [0, 0.1) is 31.3 Å². The average Bonchev–Trinajstić information content (AvgIpc) is 2.39. The fraction of sp³-hybridized carbons (Fsp3) is 0.286. The molecule has 2 rings (SSSR count). The maximum Gasteiger partial charge on any atom is 0.152 e. The first-order valence-electron chi connectivity index (χ1n) is 6.43. The number of halogens is 3. The highest BCUT2D eigenvalue weighted by Gasteiger charge is 2.15. The Hall–Kier alpha value is -2.31. The summed E-state index contributed by atoms with van der Waals surface area (Å²) in [7, 11) is 0. The van der Waals surface area contributed by atoms with E-state index in [1.807, 2.05) is 6.92 Å². The van der Waals surface area contributed by atoms with E-state index in [4.69, 9.17) is 0 Å². The summed E-state index contributed by atoms with van der Waals surface area (Å²) >= 11 is 0. The van der Waals surface area contributed by atoms with Crippen molar-refractivity contribution in [2.45, 2.75) is 20.8 Å². The predicted octanol–water partition coefficient (Wildman–Crippen LogP) is 3.69. The normalized spacial score (nSPS) is 10.6. The second-order valence-electron chi connectivity index (χ2n) is 4.49. The standard InChI is InChI=1S/C14H15F3N4/c1-4-18-13-7(2)14(20-8(3)19-13)21-12-10(16)5-9(15)6-11(12)17/h5-6H,4H2,1-3H3,(H2,18,19,20,21). The van der Waals surface area contributed by atoms with E-state index in [9.17, 15) is 13.2 Å². The van der Waals surface area contributed by atoms with Crippen molar-refractivity contribution in [1.29, 1.82) is 0 Å². The SMILES string of the molecule is CCNc1nc(C)nc(Nc2c(F)cc(F)cc2F)c1C. The number of aryl methyl sites for hydroxylation is 1. The summed E-state index contributed by atoms with van der Waals surface area (Å²) in [5, 5.41) is 5.61. The lowest BCUT2D eigenvalue weighted by atomic mass is 10.2. The van der Waals surface area contributed by atoms with Gasteiger partial charge in [0.2, 0.25) is 0 Å². The number of nitrogens with zero attached hydrogens (tertiary/aromatic N) is 2. The van der Waals surface area contributed by atoms with E-state index in [1.54, 1.807) is 13.8 Å². The number of aromatic nitrogens is 2. The largest absolute Gasteiger partial charge is 0.370 e. The molecule has 0 aliphatic carbocycles. The van der Waals surface area contributed by atoms with Crippen LogP contribution in [0.15, 0.2) is 12.1 Å². The number of hydrogen-bond donors (Lipinski definition) is 2. The Morgan fingerprint density at radius 1 is 1.00 bits per heavy atom. The van der Waals surface area contributed by atoms with Crippen molar-refractivity contribution >= 4 is 17.3 Å². The molecule has 0 unspecified atom stereocenters. The van der Waals surface area contributed by atoms with Gasteiger partial charge in [0.1, 0.15) is 29.0 Å². The van der Waals surface area contributed by atoms with Gasteiger partial charge < -0.3 is 10.6 Å². The highest BCUT2D eigenvalue weighted by atomic mass is 19.1. The van der Waals surface area contributed by atoms with Gasteiger partial charge in [0, 0.05) is 24.2 Å². The van der Waals surface area contributed by atoms with Crippen LogP contribution in [0.2, 0.25) is 0 Å². The third-order valence-electron chi connectivity index (χ3n) is 2.85. The number of hydrogen-bond acceptors (Lipinski definition) is 4. The van der Waals surface area contributed by atoms with Crippen LogP contribution in [0.25, 0.3) is 0 Å². The van der Waals surface area contributed by atoms with Gasteiger partial charge in [-0.15, -0.1) is 0 Å². The van der Waals surface area contributed by atoms with Crippen LogP contribution in [0.1, 0.15) is 18.3 Å². The second-order valence-corrected chi connectivity index (χ2v) is 4.49. The molecule has 4 nitrogen and oxygen atoms in total. The van der Waals surface area contributed by atoms with Gasteiger partial charge in [0.05, 0.1) is 0 Å². The van der Waals surface area contributed by atoms with Crippen LogP contribution in [0.4, 0.5) is 30.5 Å². The minimum Gasteiger partial charge on any atom is -0.370 e. The summed E-state index contributed by atoms with van der Waals surface area (Å²) in [6.07, 6.45) is 0.